The molecule has 106 valence electrons. The highest BCUT2D eigenvalue weighted by molar-refractivity contribution is 6.09. The number of rotatable bonds is 3. The number of hydrogen-bond donors (Lipinski definition) is 1. The van der Waals surface area contributed by atoms with Gasteiger partial charge in [0.15, 0.2) is 0 Å². The fourth-order valence-electron chi connectivity index (χ4n) is 2.53. The van der Waals surface area contributed by atoms with E-state index in [9.17, 15) is 4.79 Å². The number of benzene rings is 3. The molecule has 0 saturated heterocycles. The quantitative estimate of drug-likeness (QED) is 0.569. The second kappa shape index (κ2) is 6.42. The lowest BCUT2D eigenvalue weighted by atomic mass is 9.97. The predicted octanol–water partition coefficient (Wildman–Crippen LogP) is 4.22. The number of hydrogen-bond acceptors (Lipinski definition) is 1. The third kappa shape index (κ3) is 2.91. The molecule has 1 amide bonds. The summed E-state index contributed by atoms with van der Waals surface area (Å²) in [6.07, 6.45) is 1.29. The van der Waals surface area contributed by atoms with Crippen LogP contribution in [-0.2, 0) is 11.3 Å². The fraction of sp³-hybridized carbons (Fsp3) is 0.0556. The van der Waals surface area contributed by atoms with Gasteiger partial charge < -0.3 is 5.32 Å². The van der Waals surface area contributed by atoms with Gasteiger partial charge in [0.2, 0.25) is 5.91 Å². The first kappa shape index (κ1) is 15.1. The minimum atomic E-state index is -0.151. The Kier molecular flexibility index (Phi) is 4.61. The maximum atomic E-state index is 11.4. The standard InChI is InChI=1S/C18H15NO.ClH/c1-2-18(20)19-12-14-11-13-7-3-4-8-15(13)17-10-6-5-9-16(14)17;/h2-11H,1,12H2,(H,19,20);1H. The third-order valence-corrected chi connectivity index (χ3v) is 3.49. The van der Waals surface area contributed by atoms with Crippen molar-refractivity contribution in [2.24, 2.45) is 0 Å². The Morgan fingerprint density at radius 1 is 1.00 bits per heavy atom. The first-order valence-corrected chi connectivity index (χ1v) is 6.59. The second-order valence-corrected chi connectivity index (χ2v) is 4.72. The van der Waals surface area contributed by atoms with E-state index in [-0.39, 0.29) is 18.3 Å². The fourth-order valence-corrected chi connectivity index (χ4v) is 2.53. The van der Waals surface area contributed by atoms with Crippen molar-refractivity contribution >= 4 is 39.9 Å². The van der Waals surface area contributed by atoms with Crippen LogP contribution in [-0.4, -0.2) is 5.91 Å². The Balaban J connectivity index is 0.00000161. The van der Waals surface area contributed by atoms with Gasteiger partial charge in [-0.2, -0.15) is 0 Å². The molecule has 0 bridgehead atoms. The number of nitrogens with one attached hydrogen (secondary N) is 1. The summed E-state index contributed by atoms with van der Waals surface area (Å²) in [4.78, 5) is 11.4. The zero-order valence-electron chi connectivity index (χ0n) is 11.5. The molecule has 0 aliphatic rings. The van der Waals surface area contributed by atoms with Gasteiger partial charge in [0.1, 0.15) is 0 Å². The second-order valence-electron chi connectivity index (χ2n) is 4.72. The molecule has 0 aromatic heterocycles. The summed E-state index contributed by atoms with van der Waals surface area (Å²) in [5.74, 6) is -0.151. The minimum absolute atomic E-state index is 0. The molecule has 0 aliphatic heterocycles. The Morgan fingerprint density at radius 3 is 2.33 bits per heavy atom. The summed E-state index contributed by atoms with van der Waals surface area (Å²) in [6, 6.07) is 18.7. The Labute approximate surface area is 129 Å². The molecule has 2 nitrogen and oxygen atoms in total. The molecule has 3 aromatic rings. The molecule has 1 N–H and O–H groups in total. The molecule has 0 fully saturated rings. The maximum absolute atomic E-state index is 11.4. The Bertz CT molecular complexity index is 811. The van der Waals surface area contributed by atoms with Crippen molar-refractivity contribution in [3.8, 4) is 0 Å². The highest BCUT2D eigenvalue weighted by Crippen LogP contribution is 2.28. The first-order valence-electron chi connectivity index (χ1n) is 6.59. The van der Waals surface area contributed by atoms with Crippen molar-refractivity contribution in [3.63, 3.8) is 0 Å². The van der Waals surface area contributed by atoms with Gasteiger partial charge in [-0.25, -0.2) is 0 Å². The van der Waals surface area contributed by atoms with E-state index in [0.717, 1.165) is 5.56 Å². The topological polar surface area (TPSA) is 29.1 Å². The molecule has 3 heteroatoms. The molecule has 3 rings (SSSR count). The van der Waals surface area contributed by atoms with Gasteiger partial charge in [-0.3, -0.25) is 4.79 Å². The zero-order valence-corrected chi connectivity index (χ0v) is 12.3. The van der Waals surface area contributed by atoms with Crippen molar-refractivity contribution in [2.75, 3.05) is 0 Å². The molecule has 0 atom stereocenters. The van der Waals surface area contributed by atoms with Crippen LogP contribution in [0.5, 0.6) is 0 Å². The maximum Gasteiger partial charge on any atom is 0.243 e. The molecular weight excluding hydrogens is 282 g/mol. The van der Waals surface area contributed by atoms with Crippen molar-refractivity contribution in [2.45, 2.75) is 6.54 Å². The van der Waals surface area contributed by atoms with E-state index in [1.54, 1.807) is 0 Å². The summed E-state index contributed by atoms with van der Waals surface area (Å²) >= 11 is 0. The summed E-state index contributed by atoms with van der Waals surface area (Å²) < 4.78 is 0. The van der Waals surface area contributed by atoms with Crippen LogP contribution < -0.4 is 5.32 Å². The van der Waals surface area contributed by atoms with Gasteiger partial charge in [0.05, 0.1) is 0 Å². The Hall–Kier alpha value is -2.32. The highest BCUT2D eigenvalue weighted by Gasteiger charge is 2.06. The number of halogens is 1. The molecule has 0 saturated carbocycles. The van der Waals surface area contributed by atoms with Crippen molar-refractivity contribution in [1.82, 2.24) is 5.32 Å². The van der Waals surface area contributed by atoms with E-state index in [1.165, 1.54) is 27.6 Å². The van der Waals surface area contributed by atoms with Gasteiger partial charge >= 0.3 is 0 Å². The van der Waals surface area contributed by atoms with Crippen LogP contribution in [0, 0.1) is 0 Å². The third-order valence-electron chi connectivity index (χ3n) is 3.49. The molecule has 21 heavy (non-hydrogen) atoms. The molecule has 0 radical (unpaired) electrons. The van der Waals surface area contributed by atoms with E-state index in [0.29, 0.717) is 6.54 Å². The van der Waals surface area contributed by atoms with Crippen molar-refractivity contribution < 1.29 is 4.79 Å². The molecule has 0 unspecified atom stereocenters. The van der Waals surface area contributed by atoms with Crippen LogP contribution >= 0.6 is 12.4 Å². The van der Waals surface area contributed by atoms with Crippen LogP contribution in [0.1, 0.15) is 5.56 Å². The van der Waals surface area contributed by atoms with Crippen molar-refractivity contribution in [1.29, 1.82) is 0 Å². The van der Waals surface area contributed by atoms with Crippen LogP contribution in [0.15, 0.2) is 67.3 Å². The number of fused-ring (bicyclic) bond motifs is 3. The summed E-state index contributed by atoms with van der Waals surface area (Å²) in [7, 11) is 0. The van der Waals surface area contributed by atoms with Gasteiger partial charge in [-0.15, -0.1) is 12.4 Å². The van der Waals surface area contributed by atoms with Crippen LogP contribution in [0.3, 0.4) is 0 Å². The first-order chi connectivity index (χ1) is 9.79. The molecule has 3 aromatic carbocycles. The average molecular weight is 298 g/mol. The average Bonchev–Trinajstić information content (AvgIpc) is 2.52. The van der Waals surface area contributed by atoms with Crippen LogP contribution in [0.2, 0.25) is 0 Å². The lowest BCUT2D eigenvalue weighted by Crippen LogP contribution is -2.20. The normalized spacial score (nSPS) is 10.1. The lowest BCUT2D eigenvalue weighted by Gasteiger charge is -2.10. The SMILES string of the molecule is C=CC(=O)NCc1cc2ccccc2c2ccccc12.Cl. The van der Waals surface area contributed by atoms with E-state index >= 15 is 0 Å². The molecule has 0 aliphatic carbocycles. The highest BCUT2D eigenvalue weighted by atomic mass is 35.5. The minimum Gasteiger partial charge on any atom is -0.348 e. The van der Waals surface area contributed by atoms with E-state index < -0.39 is 0 Å². The van der Waals surface area contributed by atoms with Crippen LogP contribution in [0.4, 0.5) is 0 Å². The van der Waals surface area contributed by atoms with Crippen molar-refractivity contribution in [3.05, 3.63) is 72.8 Å². The monoisotopic (exact) mass is 297 g/mol. The number of carbonyl (C=O) groups excluding carboxylic acids is 1. The zero-order chi connectivity index (χ0) is 13.9. The molecule has 0 heterocycles. The van der Waals surface area contributed by atoms with Gasteiger partial charge in [-0.1, -0.05) is 55.1 Å². The lowest BCUT2D eigenvalue weighted by molar-refractivity contribution is -0.116. The van der Waals surface area contributed by atoms with E-state index in [1.807, 2.05) is 24.3 Å². The molecular formula is C18H16ClNO. The summed E-state index contributed by atoms with van der Waals surface area (Å²) in [6.45, 7) is 3.98. The van der Waals surface area contributed by atoms with Gasteiger partial charge in [0.25, 0.3) is 0 Å². The smallest absolute Gasteiger partial charge is 0.243 e. The molecule has 0 spiro atoms. The number of amides is 1. The largest absolute Gasteiger partial charge is 0.348 e. The van der Waals surface area contributed by atoms with Gasteiger partial charge in [0, 0.05) is 6.54 Å². The summed E-state index contributed by atoms with van der Waals surface area (Å²) in [5, 5.41) is 7.67. The van der Waals surface area contributed by atoms with Crippen LogP contribution in [0.25, 0.3) is 21.5 Å². The van der Waals surface area contributed by atoms with E-state index in [2.05, 4.69) is 42.2 Å². The van der Waals surface area contributed by atoms with Gasteiger partial charge in [-0.05, 0) is 39.3 Å². The summed E-state index contributed by atoms with van der Waals surface area (Å²) in [5.41, 5.74) is 1.12. The predicted molar refractivity (Wildman–Crippen MR) is 90.7 cm³/mol. The van der Waals surface area contributed by atoms with E-state index in [4.69, 9.17) is 0 Å². The Morgan fingerprint density at radius 2 is 1.62 bits per heavy atom. The number of carbonyl (C=O) groups is 1.